The number of ether oxygens (including phenoxy) is 1. The first kappa shape index (κ1) is 17.9. The molecule has 0 radical (unpaired) electrons. The molecule has 0 saturated heterocycles. The van der Waals surface area contributed by atoms with Crippen LogP contribution in [0.15, 0.2) is 18.2 Å². The standard InChI is InChI=1S/C14H23FN2O3S/c1-17(7-9-21(3,18)19)14-5-4-13(15)10-12(14)11-16-6-8-20-2/h4-5,10,16H,6-9,11H2,1-3H3. The molecule has 7 heteroatoms. The topological polar surface area (TPSA) is 58.6 Å². The summed E-state index contributed by atoms with van der Waals surface area (Å²) in [4.78, 5) is 1.83. The first-order valence-electron chi connectivity index (χ1n) is 6.70. The lowest BCUT2D eigenvalue weighted by atomic mass is 10.1. The molecule has 0 aliphatic rings. The van der Waals surface area contributed by atoms with Crippen molar-refractivity contribution in [2.45, 2.75) is 6.54 Å². The average Bonchev–Trinajstić information content (AvgIpc) is 2.40. The maximum Gasteiger partial charge on any atom is 0.149 e. The number of nitrogens with zero attached hydrogens (tertiary/aromatic N) is 1. The van der Waals surface area contributed by atoms with E-state index in [1.165, 1.54) is 18.4 Å². The lowest BCUT2D eigenvalue weighted by Gasteiger charge is -2.22. The van der Waals surface area contributed by atoms with Crippen molar-refractivity contribution in [2.75, 3.05) is 50.8 Å². The van der Waals surface area contributed by atoms with E-state index in [0.29, 0.717) is 26.2 Å². The summed E-state index contributed by atoms with van der Waals surface area (Å²) in [7, 11) is 0.402. The predicted octanol–water partition coefficient (Wildman–Crippen LogP) is 1.04. The third-order valence-corrected chi connectivity index (χ3v) is 3.97. The third kappa shape index (κ3) is 6.88. The van der Waals surface area contributed by atoms with Gasteiger partial charge in [0.05, 0.1) is 12.4 Å². The van der Waals surface area contributed by atoms with Gasteiger partial charge in [-0.15, -0.1) is 0 Å². The minimum atomic E-state index is -3.02. The highest BCUT2D eigenvalue weighted by Crippen LogP contribution is 2.20. The largest absolute Gasteiger partial charge is 0.383 e. The molecule has 1 aromatic rings. The number of methoxy groups -OCH3 is 1. The molecule has 0 saturated carbocycles. The van der Waals surface area contributed by atoms with Gasteiger partial charge in [0, 0.05) is 45.7 Å². The van der Waals surface area contributed by atoms with Crippen molar-refractivity contribution in [1.29, 1.82) is 0 Å². The zero-order valence-corrected chi connectivity index (χ0v) is 13.5. The highest BCUT2D eigenvalue weighted by Gasteiger charge is 2.11. The molecule has 0 spiro atoms. The third-order valence-electron chi connectivity index (χ3n) is 3.05. The van der Waals surface area contributed by atoms with Crippen LogP contribution in [0.4, 0.5) is 10.1 Å². The van der Waals surface area contributed by atoms with Gasteiger partial charge in [-0.3, -0.25) is 0 Å². The van der Waals surface area contributed by atoms with Gasteiger partial charge in [-0.2, -0.15) is 0 Å². The summed E-state index contributed by atoms with van der Waals surface area (Å²) in [5.41, 5.74) is 1.62. The second kappa shape index (κ2) is 8.31. The van der Waals surface area contributed by atoms with E-state index in [0.717, 1.165) is 11.3 Å². The van der Waals surface area contributed by atoms with Crippen molar-refractivity contribution >= 4 is 15.5 Å². The molecule has 0 aromatic heterocycles. The van der Waals surface area contributed by atoms with Gasteiger partial charge < -0.3 is 15.0 Å². The molecule has 0 fully saturated rings. The number of hydrogen-bond donors (Lipinski definition) is 1. The quantitative estimate of drug-likeness (QED) is 0.690. The van der Waals surface area contributed by atoms with Gasteiger partial charge in [0.25, 0.3) is 0 Å². The van der Waals surface area contributed by atoms with Gasteiger partial charge in [0.15, 0.2) is 0 Å². The van der Waals surface area contributed by atoms with Crippen LogP contribution in [0.25, 0.3) is 0 Å². The molecule has 0 aliphatic carbocycles. The normalized spacial score (nSPS) is 11.6. The Morgan fingerprint density at radius 3 is 2.71 bits per heavy atom. The molecular weight excluding hydrogens is 295 g/mol. The monoisotopic (exact) mass is 318 g/mol. The second-order valence-corrected chi connectivity index (χ2v) is 7.25. The number of anilines is 1. The van der Waals surface area contributed by atoms with Gasteiger partial charge in [-0.25, -0.2) is 12.8 Å². The van der Waals surface area contributed by atoms with E-state index in [1.54, 1.807) is 20.2 Å². The molecule has 0 aliphatic heterocycles. The van der Waals surface area contributed by atoms with Gasteiger partial charge in [-0.05, 0) is 23.8 Å². The summed E-state index contributed by atoms with van der Waals surface area (Å²) < 4.78 is 40.8. The van der Waals surface area contributed by atoms with Crippen LogP contribution >= 0.6 is 0 Å². The minimum absolute atomic E-state index is 0.0669. The Labute approximate surface area is 126 Å². The molecule has 0 amide bonds. The Morgan fingerprint density at radius 1 is 1.38 bits per heavy atom. The number of hydrogen-bond acceptors (Lipinski definition) is 5. The molecule has 1 aromatic carbocycles. The van der Waals surface area contributed by atoms with Crippen LogP contribution in [-0.2, 0) is 21.1 Å². The summed E-state index contributed by atoms with van der Waals surface area (Å²) in [6.45, 7) is 2.11. The molecule has 5 nitrogen and oxygen atoms in total. The van der Waals surface area contributed by atoms with Crippen molar-refractivity contribution in [1.82, 2.24) is 5.32 Å². The van der Waals surface area contributed by atoms with E-state index in [2.05, 4.69) is 5.32 Å². The molecule has 1 rings (SSSR count). The van der Waals surface area contributed by atoms with Gasteiger partial charge >= 0.3 is 0 Å². The van der Waals surface area contributed by atoms with Crippen LogP contribution < -0.4 is 10.2 Å². The van der Waals surface area contributed by atoms with Crippen LogP contribution in [0.1, 0.15) is 5.56 Å². The van der Waals surface area contributed by atoms with E-state index in [9.17, 15) is 12.8 Å². The van der Waals surface area contributed by atoms with Crippen molar-refractivity contribution in [3.8, 4) is 0 Å². The van der Waals surface area contributed by atoms with E-state index in [1.807, 2.05) is 4.90 Å². The van der Waals surface area contributed by atoms with Crippen LogP contribution in [0.5, 0.6) is 0 Å². The number of halogens is 1. The average molecular weight is 318 g/mol. The summed E-state index contributed by atoms with van der Waals surface area (Å²) >= 11 is 0. The maximum absolute atomic E-state index is 13.4. The van der Waals surface area contributed by atoms with Crippen LogP contribution in [0.2, 0.25) is 0 Å². The SMILES string of the molecule is COCCNCc1cc(F)ccc1N(C)CCS(C)(=O)=O. The number of benzene rings is 1. The fourth-order valence-electron chi connectivity index (χ4n) is 1.89. The fraction of sp³-hybridized carbons (Fsp3) is 0.571. The molecule has 1 N–H and O–H groups in total. The van der Waals surface area contributed by atoms with Crippen molar-refractivity contribution < 1.29 is 17.5 Å². The highest BCUT2D eigenvalue weighted by atomic mass is 32.2. The first-order chi connectivity index (χ1) is 9.83. The Balaban J connectivity index is 2.75. The summed E-state index contributed by atoms with van der Waals surface area (Å²) in [5, 5.41) is 3.16. The Bertz CT molecular complexity index is 549. The maximum atomic E-state index is 13.4. The highest BCUT2D eigenvalue weighted by molar-refractivity contribution is 7.90. The van der Waals surface area contributed by atoms with E-state index >= 15 is 0 Å². The van der Waals surface area contributed by atoms with E-state index in [4.69, 9.17) is 4.74 Å². The summed E-state index contributed by atoms with van der Waals surface area (Å²) in [5.74, 6) is -0.240. The molecular formula is C14H23FN2O3S. The van der Waals surface area contributed by atoms with Crippen LogP contribution in [0.3, 0.4) is 0 Å². The predicted molar refractivity (Wildman–Crippen MR) is 83.0 cm³/mol. The number of sulfone groups is 1. The Kier molecular flexibility index (Phi) is 7.07. The molecule has 0 unspecified atom stereocenters. The summed E-state index contributed by atoms with van der Waals surface area (Å²) in [6.07, 6.45) is 1.21. The second-order valence-electron chi connectivity index (χ2n) is 4.99. The zero-order valence-electron chi connectivity index (χ0n) is 12.7. The van der Waals surface area contributed by atoms with Gasteiger partial charge in [0.2, 0.25) is 0 Å². The zero-order chi connectivity index (χ0) is 15.9. The smallest absolute Gasteiger partial charge is 0.149 e. The molecule has 0 heterocycles. The minimum Gasteiger partial charge on any atom is -0.383 e. The molecule has 120 valence electrons. The van der Waals surface area contributed by atoms with Gasteiger partial charge in [-0.1, -0.05) is 0 Å². The van der Waals surface area contributed by atoms with Crippen molar-refractivity contribution in [3.05, 3.63) is 29.6 Å². The number of nitrogens with one attached hydrogen (secondary N) is 1. The Morgan fingerprint density at radius 2 is 2.10 bits per heavy atom. The Hall–Kier alpha value is -1.18. The molecule has 0 atom stereocenters. The van der Waals surface area contributed by atoms with E-state index in [-0.39, 0.29) is 11.6 Å². The fourth-order valence-corrected chi connectivity index (χ4v) is 2.49. The molecule has 0 bridgehead atoms. The lowest BCUT2D eigenvalue weighted by molar-refractivity contribution is 0.199. The molecule has 21 heavy (non-hydrogen) atoms. The first-order valence-corrected chi connectivity index (χ1v) is 8.76. The number of rotatable bonds is 9. The van der Waals surface area contributed by atoms with E-state index < -0.39 is 9.84 Å². The van der Waals surface area contributed by atoms with Crippen LogP contribution in [-0.4, -0.2) is 54.3 Å². The van der Waals surface area contributed by atoms with Crippen molar-refractivity contribution in [2.24, 2.45) is 0 Å². The van der Waals surface area contributed by atoms with Crippen molar-refractivity contribution in [3.63, 3.8) is 0 Å². The lowest BCUT2D eigenvalue weighted by Crippen LogP contribution is -2.27. The summed E-state index contributed by atoms with van der Waals surface area (Å²) in [6, 6.07) is 4.52. The van der Waals surface area contributed by atoms with Gasteiger partial charge in [0.1, 0.15) is 15.7 Å². The van der Waals surface area contributed by atoms with Crippen LogP contribution in [0, 0.1) is 5.82 Å².